The summed E-state index contributed by atoms with van der Waals surface area (Å²) in [5.74, 6) is 0.424. The van der Waals surface area contributed by atoms with Crippen LogP contribution >= 0.6 is 68.4 Å². The van der Waals surface area contributed by atoms with Crippen molar-refractivity contribution in [2.75, 3.05) is 6.54 Å². The Morgan fingerprint density at radius 2 is 1.83 bits per heavy atom. The first-order chi connectivity index (χ1) is 13.8. The Morgan fingerprint density at radius 3 is 2.45 bits per heavy atom. The minimum Gasteiger partial charge on any atom is -0.487 e. The maximum absolute atomic E-state index is 12.4. The van der Waals surface area contributed by atoms with Crippen molar-refractivity contribution >= 4 is 86.4 Å². The van der Waals surface area contributed by atoms with Crippen LogP contribution in [-0.4, -0.2) is 23.4 Å². The predicted molar refractivity (Wildman–Crippen MR) is 131 cm³/mol. The largest absolute Gasteiger partial charge is 0.487 e. The molecule has 5 nitrogen and oxygen atoms in total. The second-order valence-corrected chi connectivity index (χ2v) is 9.45. The Balaban J connectivity index is 1.79. The van der Waals surface area contributed by atoms with E-state index in [0.29, 0.717) is 29.6 Å². The molecule has 2 aromatic carbocycles. The van der Waals surface area contributed by atoms with Gasteiger partial charge in [0.05, 0.1) is 7.14 Å². The summed E-state index contributed by atoms with van der Waals surface area (Å²) in [5, 5.41) is 3.76. The van der Waals surface area contributed by atoms with E-state index in [2.05, 4.69) is 50.5 Å². The van der Waals surface area contributed by atoms with Gasteiger partial charge in [-0.05, 0) is 87.5 Å². The summed E-state index contributed by atoms with van der Waals surface area (Å²) in [6.45, 7) is 2.63. The van der Waals surface area contributed by atoms with Crippen molar-refractivity contribution in [2.45, 2.75) is 20.0 Å². The summed E-state index contributed by atoms with van der Waals surface area (Å²) in [5.41, 5.74) is 1.92. The maximum atomic E-state index is 12.4. The third-order valence-electron chi connectivity index (χ3n) is 4.13. The molecule has 0 aromatic heterocycles. The zero-order valence-electron chi connectivity index (χ0n) is 15.3. The summed E-state index contributed by atoms with van der Waals surface area (Å²) in [6.07, 6.45) is 2.39. The van der Waals surface area contributed by atoms with Gasteiger partial charge in [-0.15, -0.1) is 0 Å². The molecule has 29 heavy (non-hydrogen) atoms. The van der Waals surface area contributed by atoms with Gasteiger partial charge in [0.25, 0.3) is 5.91 Å². The van der Waals surface area contributed by atoms with E-state index >= 15 is 0 Å². The lowest BCUT2D eigenvalue weighted by Crippen LogP contribution is -2.31. The SMILES string of the molecule is CCCN1C(=O)N/C(=C/c2cc(I)c(OCc3ccc(Cl)cc3Cl)c(I)c2)C1=O. The molecule has 9 heteroatoms. The molecule has 2 aromatic rings. The van der Waals surface area contributed by atoms with E-state index in [0.717, 1.165) is 24.0 Å². The van der Waals surface area contributed by atoms with E-state index in [-0.39, 0.29) is 17.6 Å². The van der Waals surface area contributed by atoms with Crippen molar-refractivity contribution in [1.29, 1.82) is 0 Å². The number of benzene rings is 2. The van der Waals surface area contributed by atoms with Crippen molar-refractivity contribution in [3.05, 3.63) is 64.3 Å². The number of carbonyl (C=O) groups is 2. The molecule has 3 amide bonds. The fraction of sp³-hybridized carbons (Fsp3) is 0.200. The summed E-state index contributed by atoms with van der Waals surface area (Å²) in [4.78, 5) is 25.5. The summed E-state index contributed by atoms with van der Waals surface area (Å²) < 4.78 is 7.74. The number of rotatable bonds is 6. The number of nitrogens with zero attached hydrogens (tertiary/aromatic N) is 1. The van der Waals surface area contributed by atoms with Crippen LogP contribution in [0.4, 0.5) is 4.79 Å². The molecule has 3 rings (SSSR count). The van der Waals surface area contributed by atoms with Crippen LogP contribution in [0.5, 0.6) is 5.75 Å². The van der Waals surface area contributed by atoms with Crippen LogP contribution in [0.25, 0.3) is 6.08 Å². The second-order valence-electron chi connectivity index (χ2n) is 6.28. The molecule has 0 unspecified atom stereocenters. The van der Waals surface area contributed by atoms with Gasteiger partial charge in [0.2, 0.25) is 0 Å². The number of hydrogen-bond donors (Lipinski definition) is 1. The van der Waals surface area contributed by atoms with E-state index in [9.17, 15) is 9.59 Å². The van der Waals surface area contributed by atoms with Gasteiger partial charge in [-0.1, -0.05) is 36.2 Å². The lowest BCUT2D eigenvalue weighted by atomic mass is 10.2. The number of urea groups is 1. The molecule has 1 fully saturated rings. The normalized spacial score (nSPS) is 15.2. The van der Waals surface area contributed by atoms with Crippen LogP contribution < -0.4 is 10.1 Å². The van der Waals surface area contributed by atoms with Gasteiger partial charge < -0.3 is 10.1 Å². The van der Waals surface area contributed by atoms with Gasteiger partial charge in [0.1, 0.15) is 18.1 Å². The molecule has 0 aliphatic carbocycles. The lowest BCUT2D eigenvalue weighted by molar-refractivity contribution is -0.122. The van der Waals surface area contributed by atoms with Crippen molar-refractivity contribution < 1.29 is 14.3 Å². The zero-order chi connectivity index (χ0) is 21.1. The first-order valence-corrected chi connectivity index (χ1v) is 11.6. The zero-order valence-corrected chi connectivity index (χ0v) is 21.1. The van der Waals surface area contributed by atoms with E-state index in [4.69, 9.17) is 27.9 Å². The number of nitrogens with one attached hydrogen (secondary N) is 1. The van der Waals surface area contributed by atoms with Crippen molar-refractivity contribution in [3.63, 3.8) is 0 Å². The first-order valence-electron chi connectivity index (χ1n) is 8.70. The third-order valence-corrected chi connectivity index (χ3v) is 6.32. The fourth-order valence-electron chi connectivity index (χ4n) is 2.75. The minimum absolute atomic E-state index is 0.275. The molecule has 1 saturated heterocycles. The molecule has 1 aliphatic rings. The molecule has 1 aliphatic heterocycles. The number of imide groups is 1. The molecule has 1 N–H and O–H groups in total. The quantitative estimate of drug-likeness (QED) is 0.233. The number of ether oxygens (including phenoxy) is 1. The highest BCUT2D eigenvalue weighted by Gasteiger charge is 2.32. The number of hydrogen-bond acceptors (Lipinski definition) is 3. The van der Waals surface area contributed by atoms with Crippen LogP contribution in [0.1, 0.15) is 24.5 Å². The Hall–Kier alpha value is -1.04. The van der Waals surface area contributed by atoms with E-state index in [1.54, 1.807) is 18.2 Å². The Bertz CT molecular complexity index is 988. The van der Waals surface area contributed by atoms with Crippen molar-refractivity contribution in [3.8, 4) is 5.75 Å². The molecule has 0 saturated carbocycles. The molecule has 0 radical (unpaired) electrons. The van der Waals surface area contributed by atoms with Crippen molar-refractivity contribution in [2.24, 2.45) is 0 Å². The summed E-state index contributed by atoms with van der Waals surface area (Å²) >= 11 is 16.5. The topological polar surface area (TPSA) is 58.6 Å². The van der Waals surface area contributed by atoms with Crippen LogP contribution in [0.3, 0.4) is 0 Å². The van der Waals surface area contributed by atoms with E-state index < -0.39 is 0 Å². The summed E-state index contributed by atoms with van der Waals surface area (Å²) in [6, 6.07) is 8.70. The lowest BCUT2D eigenvalue weighted by Gasteiger charge is -2.13. The van der Waals surface area contributed by atoms with Crippen LogP contribution in [0.15, 0.2) is 36.0 Å². The number of amides is 3. The second kappa shape index (κ2) is 9.84. The minimum atomic E-state index is -0.382. The van der Waals surface area contributed by atoms with Gasteiger partial charge in [-0.3, -0.25) is 9.69 Å². The standard InChI is InChI=1S/C20H16Cl2I2N2O3/c1-2-5-26-19(27)17(25-20(26)28)8-11-6-15(23)18(16(24)7-11)29-10-12-3-4-13(21)9-14(12)22/h3-4,6-9H,2,5,10H2,1H3,(H,25,28)/b17-8+. The van der Waals surface area contributed by atoms with Crippen LogP contribution in [-0.2, 0) is 11.4 Å². The molecular weight excluding hydrogens is 641 g/mol. The maximum Gasteiger partial charge on any atom is 0.329 e. The van der Waals surface area contributed by atoms with E-state index in [1.165, 1.54) is 4.90 Å². The number of carbonyl (C=O) groups excluding carboxylic acids is 2. The molecule has 0 atom stereocenters. The van der Waals surface area contributed by atoms with Gasteiger partial charge in [-0.25, -0.2) is 4.79 Å². The van der Waals surface area contributed by atoms with Crippen molar-refractivity contribution in [1.82, 2.24) is 10.2 Å². The first kappa shape index (κ1) is 22.6. The van der Waals surface area contributed by atoms with Gasteiger partial charge >= 0.3 is 6.03 Å². The molecule has 1 heterocycles. The highest BCUT2D eigenvalue weighted by Crippen LogP contribution is 2.31. The fourth-order valence-corrected chi connectivity index (χ4v) is 5.35. The highest BCUT2D eigenvalue weighted by molar-refractivity contribution is 14.1. The Kier molecular flexibility index (Phi) is 7.69. The smallest absolute Gasteiger partial charge is 0.329 e. The molecule has 0 spiro atoms. The monoisotopic (exact) mass is 656 g/mol. The Labute approximate surface area is 206 Å². The molecule has 152 valence electrons. The molecular formula is C20H16Cl2I2N2O3. The van der Waals surface area contributed by atoms with Gasteiger partial charge in [0.15, 0.2) is 0 Å². The van der Waals surface area contributed by atoms with Gasteiger partial charge in [0, 0.05) is 22.2 Å². The van der Waals surface area contributed by atoms with E-state index in [1.807, 2.05) is 25.1 Å². The third kappa shape index (κ3) is 5.36. The van der Waals surface area contributed by atoms with Crippen LogP contribution in [0, 0.1) is 7.14 Å². The highest BCUT2D eigenvalue weighted by atomic mass is 127. The molecule has 0 bridgehead atoms. The number of halogens is 4. The Morgan fingerprint density at radius 1 is 1.14 bits per heavy atom. The van der Waals surface area contributed by atoms with Crippen LogP contribution in [0.2, 0.25) is 10.0 Å². The summed E-state index contributed by atoms with van der Waals surface area (Å²) in [7, 11) is 0. The average molecular weight is 657 g/mol. The van der Waals surface area contributed by atoms with Gasteiger partial charge in [-0.2, -0.15) is 0 Å². The predicted octanol–water partition coefficient (Wildman–Crippen LogP) is 6.08. The average Bonchev–Trinajstić information content (AvgIpc) is 2.90.